The number of aryl methyl sites for hydroxylation is 1. The molecule has 24 heavy (non-hydrogen) atoms. The SMILES string of the molecule is CC(=O)Nc1ccc(NCn2c(C)nc3ccccc3c2=O)cc1. The first-order valence-electron chi connectivity index (χ1n) is 7.62. The summed E-state index contributed by atoms with van der Waals surface area (Å²) in [5, 5.41) is 6.51. The van der Waals surface area contributed by atoms with Crippen LogP contribution in [0.15, 0.2) is 53.3 Å². The normalized spacial score (nSPS) is 10.6. The molecule has 0 spiro atoms. The summed E-state index contributed by atoms with van der Waals surface area (Å²) in [5.74, 6) is 0.543. The molecule has 2 N–H and O–H groups in total. The highest BCUT2D eigenvalue weighted by molar-refractivity contribution is 5.88. The Morgan fingerprint density at radius 3 is 2.46 bits per heavy atom. The summed E-state index contributed by atoms with van der Waals surface area (Å²) >= 11 is 0. The van der Waals surface area contributed by atoms with Crippen LogP contribution in [0.25, 0.3) is 10.9 Å². The van der Waals surface area contributed by atoms with Crippen molar-refractivity contribution in [2.75, 3.05) is 10.6 Å². The van der Waals surface area contributed by atoms with Crippen LogP contribution in [0.3, 0.4) is 0 Å². The number of nitrogens with one attached hydrogen (secondary N) is 2. The van der Waals surface area contributed by atoms with Crippen molar-refractivity contribution >= 4 is 28.2 Å². The molecule has 0 unspecified atom stereocenters. The van der Waals surface area contributed by atoms with Gasteiger partial charge in [-0.3, -0.25) is 14.2 Å². The van der Waals surface area contributed by atoms with E-state index in [1.54, 1.807) is 22.8 Å². The zero-order valence-electron chi connectivity index (χ0n) is 13.5. The summed E-state index contributed by atoms with van der Waals surface area (Å²) in [6, 6.07) is 14.6. The molecule has 0 bridgehead atoms. The van der Waals surface area contributed by atoms with Crippen LogP contribution >= 0.6 is 0 Å². The van der Waals surface area contributed by atoms with Crippen LogP contribution < -0.4 is 16.2 Å². The lowest BCUT2D eigenvalue weighted by atomic mass is 10.2. The molecule has 0 fully saturated rings. The first-order valence-corrected chi connectivity index (χ1v) is 7.62. The van der Waals surface area contributed by atoms with Gasteiger partial charge in [-0.2, -0.15) is 0 Å². The second kappa shape index (κ2) is 6.54. The average Bonchev–Trinajstić information content (AvgIpc) is 2.55. The predicted molar refractivity (Wildman–Crippen MR) is 95.1 cm³/mol. The lowest BCUT2D eigenvalue weighted by molar-refractivity contribution is -0.114. The van der Waals surface area contributed by atoms with Crippen LogP contribution in [-0.4, -0.2) is 15.5 Å². The van der Waals surface area contributed by atoms with Gasteiger partial charge in [0.15, 0.2) is 0 Å². The molecule has 3 aromatic rings. The number of carbonyl (C=O) groups is 1. The number of hydrogen-bond donors (Lipinski definition) is 2. The van der Waals surface area contributed by atoms with E-state index in [1.165, 1.54) is 6.92 Å². The first kappa shape index (κ1) is 15.7. The van der Waals surface area contributed by atoms with E-state index in [1.807, 2.05) is 37.3 Å². The fraction of sp³-hybridized carbons (Fsp3) is 0.167. The van der Waals surface area contributed by atoms with E-state index >= 15 is 0 Å². The molecule has 2 aromatic carbocycles. The predicted octanol–water partition coefficient (Wildman–Crippen LogP) is 2.73. The molecular weight excluding hydrogens is 304 g/mol. The van der Waals surface area contributed by atoms with Gasteiger partial charge in [-0.15, -0.1) is 0 Å². The number of benzene rings is 2. The van der Waals surface area contributed by atoms with Gasteiger partial charge in [0, 0.05) is 18.3 Å². The Hall–Kier alpha value is -3.15. The summed E-state index contributed by atoms with van der Waals surface area (Å²) in [5.41, 5.74) is 2.22. The number of hydrogen-bond acceptors (Lipinski definition) is 4. The van der Waals surface area contributed by atoms with E-state index in [9.17, 15) is 9.59 Å². The lowest BCUT2D eigenvalue weighted by Gasteiger charge is -2.13. The van der Waals surface area contributed by atoms with Gasteiger partial charge in [0.25, 0.3) is 5.56 Å². The number of anilines is 2. The minimum Gasteiger partial charge on any atom is -0.367 e. The van der Waals surface area contributed by atoms with Gasteiger partial charge in [0.2, 0.25) is 5.91 Å². The summed E-state index contributed by atoms with van der Waals surface area (Å²) in [7, 11) is 0. The first-order chi connectivity index (χ1) is 11.5. The molecule has 0 aliphatic rings. The molecule has 1 aromatic heterocycles. The Balaban J connectivity index is 1.80. The molecule has 122 valence electrons. The maximum atomic E-state index is 12.6. The Morgan fingerprint density at radius 2 is 1.75 bits per heavy atom. The molecule has 1 amide bonds. The quantitative estimate of drug-likeness (QED) is 0.774. The number of aromatic nitrogens is 2. The monoisotopic (exact) mass is 322 g/mol. The van der Waals surface area contributed by atoms with E-state index in [2.05, 4.69) is 15.6 Å². The summed E-state index contributed by atoms with van der Waals surface area (Å²) in [6.45, 7) is 3.60. The molecule has 0 atom stereocenters. The fourth-order valence-electron chi connectivity index (χ4n) is 2.51. The van der Waals surface area contributed by atoms with Crippen molar-refractivity contribution < 1.29 is 4.79 Å². The number of para-hydroxylation sites is 1. The van der Waals surface area contributed by atoms with Crippen LogP contribution in [-0.2, 0) is 11.5 Å². The zero-order valence-corrected chi connectivity index (χ0v) is 13.5. The van der Waals surface area contributed by atoms with Crippen LogP contribution in [0.2, 0.25) is 0 Å². The molecule has 1 heterocycles. The Labute approximate surface area is 139 Å². The number of nitrogens with zero attached hydrogens (tertiary/aromatic N) is 2. The van der Waals surface area contributed by atoms with Crippen molar-refractivity contribution in [3.8, 4) is 0 Å². The number of fused-ring (bicyclic) bond motifs is 1. The fourth-order valence-corrected chi connectivity index (χ4v) is 2.51. The Kier molecular flexibility index (Phi) is 4.29. The molecule has 0 aliphatic carbocycles. The van der Waals surface area contributed by atoms with E-state index in [0.29, 0.717) is 23.4 Å². The third-order valence-corrected chi connectivity index (χ3v) is 3.70. The standard InChI is InChI=1S/C18H18N4O2/c1-12-20-17-6-4-3-5-16(17)18(24)22(12)11-19-14-7-9-15(10-8-14)21-13(2)23/h3-10,19H,11H2,1-2H3,(H,21,23). The third-order valence-electron chi connectivity index (χ3n) is 3.70. The number of carbonyl (C=O) groups excluding carboxylic acids is 1. The van der Waals surface area contributed by atoms with Crippen molar-refractivity contribution in [1.82, 2.24) is 9.55 Å². The molecule has 0 aliphatic heterocycles. The van der Waals surface area contributed by atoms with Gasteiger partial charge >= 0.3 is 0 Å². The van der Waals surface area contributed by atoms with Gasteiger partial charge in [-0.1, -0.05) is 12.1 Å². The molecular formula is C18H18N4O2. The van der Waals surface area contributed by atoms with Crippen molar-refractivity contribution in [1.29, 1.82) is 0 Å². The van der Waals surface area contributed by atoms with E-state index in [4.69, 9.17) is 0 Å². The Bertz CT molecular complexity index is 945. The van der Waals surface area contributed by atoms with Crippen molar-refractivity contribution in [2.24, 2.45) is 0 Å². The molecule has 3 rings (SSSR count). The number of amides is 1. The summed E-state index contributed by atoms with van der Waals surface area (Å²) in [4.78, 5) is 28.1. The maximum Gasteiger partial charge on any atom is 0.262 e. The summed E-state index contributed by atoms with van der Waals surface area (Å²) < 4.78 is 1.60. The second-order valence-corrected chi connectivity index (χ2v) is 5.50. The van der Waals surface area contributed by atoms with Crippen molar-refractivity contribution in [3.63, 3.8) is 0 Å². The topological polar surface area (TPSA) is 76.0 Å². The smallest absolute Gasteiger partial charge is 0.262 e. The maximum absolute atomic E-state index is 12.6. The summed E-state index contributed by atoms with van der Waals surface area (Å²) in [6.07, 6.45) is 0. The van der Waals surface area contributed by atoms with E-state index in [0.717, 1.165) is 11.4 Å². The van der Waals surface area contributed by atoms with Crippen molar-refractivity contribution in [3.05, 3.63) is 64.7 Å². The largest absolute Gasteiger partial charge is 0.367 e. The Morgan fingerprint density at radius 1 is 1.08 bits per heavy atom. The van der Waals surface area contributed by atoms with Crippen LogP contribution in [0.5, 0.6) is 0 Å². The highest BCUT2D eigenvalue weighted by Crippen LogP contribution is 2.14. The second-order valence-electron chi connectivity index (χ2n) is 5.50. The molecule has 0 radical (unpaired) electrons. The van der Waals surface area contributed by atoms with Gasteiger partial charge in [0.05, 0.1) is 17.6 Å². The van der Waals surface area contributed by atoms with Gasteiger partial charge in [0.1, 0.15) is 5.82 Å². The van der Waals surface area contributed by atoms with Gasteiger partial charge < -0.3 is 10.6 Å². The van der Waals surface area contributed by atoms with E-state index in [-0.39, 0.29) is 11.5 Å². The zero-order chi connectivity index (χ0) is 17.1. The molecule has 6 heteroatoms. The minimum atomic E-state index is -0.111. The lowest BCUT2D eigenvalue weighted by Crippen LogP contribution is -2.27. The third kappa shape index (κ3) is 3.27. The number of rotatable bonds is 4. The highest BCUT2D eigenvalue weighted by Gasteiger charge is 2.07. The van der Waals surface area contributed by atoms with E-state index < -0.39 is 0 Å². The van der Waals surface area contributed by atoms with Crippen LogP contribution in [0.1, 0.15) is 12.7 Å². The van der Waals surface area contributed by atoms with Crippen LogP contribution in [0, 0.1) is 6.92 Å². The average molecular weight is 322 g/mol. The highest BCUT2D eigenvalue weighted by atomic mass is 16.1. The molecule has 6 nitrogen and oxygen atoms in total. The minimum absolute atomic E-state index is 0.0690. The van der Waals surface area contributed by atoms with Crippen molar-refractivity contribution in [2.45, 2.75) is 20.5 Å². The van der Waals surface area contributed by atoms with Gasteiger partial charge in [-0.25, -0.2) is 4.98 Å². The molecule has 0 saturated heterocycles. The van der Waals surface area contributed by atoms with Crippen LogP contribution in [0.4, 0.5) is 11.4 Å². The molecule has 0 saturated carbocycles. The van der Waals surface area contributed by atoms with Gasteiger partial charge in [-0.05, 0) is 43.3 Å².